The van der Waals surface area contributed by atoms with Crippen molar-refractivity contribution in [1.29, 1.82) is 0 Å². The second-order valence-electron chi connectivity index (χ2n) is 7.26. The zero-order valence-electron chi connectivity index (χ0n) is 16.1. The monoisotopic (exact) mass is 436 g/mol. The molecule has 0 aliphatic carbocycles. The molecular formula is C18H21FN6O4S. The van der Waals surface area contributed by atoms with E-state index in [0.717, 1.165) is 11.5 Å². The molecule has 3 atom stereocenters. The molecule has 2 aliphatic heterocycles. The summed E-state index contributed by atoms with van der Waals surface area (Å²) in [5.41, 5.74) is 1.77. The number of anilines is 1. The van der Waals surface area contributed by atoms with Crippen LogP contribution in [0.3, 0.4) is 0 Å². The Morgan fingerprint density at radius 3 is 2.70 bits per heavy atom. The maximum Gasteiger partial charge on any atom is 0.407 e. The number of aromatic nitrogens is 2. The lowest BCUT2D eigenvalue weighted by molar-refractivity contribution is -0.135. The fraction of sp³-hybridized carbons (Fsp3) is 0.444. The predicted octanol–water partition coefficient (Wildman–Crippen LogP) is 0.347. The van der Waals surface area contributed by atoms with Crippen LogP contribution in [0.25, 0.3) is 0 Å². The van der Waals surface area contributed by atoms with Crippen LogP contribution < -0.4 is 21.3 Å². The number of cyclic esters (lactones) is 1. The summed E-state index contributed by atoms with van der Waals surface area (Å²) in [5, 5.41) is 4.35. The van der Waals surface area contributed by atoms with Gasteiger partial charge in [0.1, 0.15) is 11.5 Å². The molecule has 4 rings (SSSR count). The van der Waals surface area contributed by atoms with E-state index in [1.54, 1.807) is 31.2 Å². The number of rotatable bonds is 5. The van der Waals surface area contributed by atoms with E-state index >= 15 is 0 Å². The average molecular weight is 436 g/mol. The lowest BCUT2D eigenvalue weighted by atomic mass is 9.76. The molecule has 2 amide bonds. The number of carbonyl (C=O) groups excluding carboxylic acids is 2. The van der Waals surface area contributed by atoms with Crippen LogP contribution in [-0.2, 0) is 14.9 Å². The van der Waals surface area contributed by atoms with E-state index in [-0.39, 0.29) is 24.8 Å². The quantitative estimate of drug-likeness (QED) is 0.579. The number of alkyl halides is 1. The number of hydrazine groups is 1. The van der Waals surface area contributed by atoms with Crippen LogP contribution in [0.2, 0.25) is 0 Å². The normalized spacial score (nSPS) is 24.1. The lowest BCUT2D eigenvalue weighted by Crippen LogP contribution is -2.61. The summed E-state index contributed by atoms with van der Waals surface area (Å²) in [4.78, 5) is 41.3. The summed E-state index contributed by atoms with van der Waals surface area (Å²) in [6.45, 7) is 2.35. The van der Waals surface area contributed by atoms with Crippen molar-refractivity contribution in [2.75, 3.05) is 31.1 Å². The number of hydrogen-bond donors (Lipinski definition) is 3. The Bertz CT molecular complexity index is 984. The van der Waals surface area contributed by atoms with Gasteiger partial charge in [-0.2, -0.15) is 4.98 Å². The van der Waals surface area contributed by atoms with Crippen LogP contribution >= 0.6 is 11.5 Å². The van der Waals surface area contributed by atoms with Gasteiger partial charge in [0.2, 0.25) is 11.0 Å². The van der Waals surface area contributed by atoms with Gasteiger partial charge >= 0.3 is 11.8 Å². The van der Waals surface area contributed by atoms with Gasteiger partial charge in [0.25, 0.3) is 0 Å². The molecule has 10 nitrogen and oxygen atoms in total. The van der Waals surface area contributed by atoms with Gasteiger partial charge in [-0.3, -0.25) is 14.6 Å². The Balaban J connectivity index is 1.49. The highest BCUT2D eigenvalue weighted by atomic mass is 32.1. The van der Waals surface area contributed by atoms with Crippen molar-refractivity contribution in [2.45, 2.75) is 24.7 Å². The van der Waals surface area contributed by atoms with E-state index in [4.69, 9.17) is 4.74 Å². The third-order valence-corrected chi connectivity index (χ3v) is 6.21. The Hall–Kier alpha value is -2.99. The number of hydrogen-bond acceptors (Lipinski definition) is 8. The first kappa shape index (κ1) is 20.3. The number of nitrogens with zero attached hydrogens (tertiary/aromatic N) is 3. The van der Waals surface area contributed by atoms with Crippen molar-refractivity contribution in [2.24, 2.45) is 0 Å². The highest BCUT2D eigenvalue weighted by Gasteiger charge is 2.48. The summed E-state index contributed by atoms with van der Waals surface area (Å²) < 4.78 is 22.5. The second kappa shape index (κ2) is 8.03. The number of benzene rings is 1. The van der Waals surface area contributed by atoms with E-state index in [9.17, 15) is 18.8 Å². The molecule has 0 saturated carbocycles. The molecule has 2 fully saturated rings. The van der Waals surface area contributed by atoms with Gasteiger partial charge in [-0.05, 0) is 24.0 Å². The van der Waals surface area contributed by atoms with Crippen LogP contribution in [0.1, 0.15) is 12.5 Å². The van der Waals surface area contributed by atoms with Gasteiger partial charge in [0, 0.05) is 13.1 Å². The summed E-state index contributed by atoms with van der Waals surface area (Å²) in [6, 6.07) is 9.02. The molecular weight excluding hydrogens is 415 g/mol. The fourth-order valence-electron chi connectivity index (χ4n) is 3.62. The smallest absolute Gasteiger partial charge is 0.407 e. The summed E-state index contributed by atoms with van der Waals surface area (Å²) in [5.74, 6) is -0.403. The molecule has 2 aromatic rings. The van der Waals surface area contributed by atoms with Crippen molar-refractivity contribution >= 4 is 28.7 Å². The standard InChI is InChI=1S/C18H21FN6O4S/c1-18(11-5-3-2-4-6-11,12-9-20-17(28)29-12)14(26)22-24-7-8-25(13(19)10-24)16-21-15(27)23-30-16/h2-6,12-13H,7-10H2,1H3,(H,20,28)(H,22,26)(H,23,27). The first-order valence-electron chi connectivity index (χ1n) is 9.40. The predicted molar refractivity (Wildman–Crippen MR) is 107 cm³/mol. The molecule has 12 heteroatoms. The number of ether oxygens (including phenoxy) is 1. The highest BCUT2D eigenvalue weighted by Crippen LogP contribution is 2.32. The topological polar surface area (TPSA) is 120 Å². The summed E-state index contributed by atoms with van der Waals surface area (Å²) >= 11 is 0.970. The van der Waals surface area contributed by atoms with Gasteiger partial charge in [-0.15, -0.1) is 0 Å². The maximum atomic E-state index is 14.7. The number of alkyl carbamates (subject to hydrolysis) is 1. The Labute approximate surface area is 175 Å². The van der Waals surface area contributed by atoms with Gasteiger partial charge in [-0.1, -0.05) is 30.3 Å². The Morgan fingerprint density at radius 1 is 1.33 bits per heavy atom. The first-order valence-corrected chi connectivity index (χ1v) is 10.2. The van der Waals surface area contributed by atoms with Crippen molar-refractivity contribution in [1.82, 2.24) is 25.1 Å². The van der Waals surface area contributed by atoms with Gasteiger partial charge in [-0.25, -0.2) is 19.0 Å². The highest BCUT2D eigenvalue weighted by molar-refractivity contribution is 7.09. The zero-order valence-corrected chi connectivity index (χ0v) is 16.9. The Kier molecular flexibility index (Phi) is 5.43. The van der Waals surface area contributed by atoms with E-state index < -0.39 is 35.5 Å². The minimum atomic E-state index is -1.45. The van der Waals surface area contributed by atoms with Crippen molar-refractivity contribution in [3.63, 3.8) is 0 Å². The SMILES string of the molecule is CC(C(=O)NN1CCN(c2nc(=O)[nH]s2)C(F)C1)(c1ccccc1)C1CNC(=O)O1. The van der Waals surface area contributed by atoms with Crippen LogP contribution in [-0.4, -0.2) is 64.9 Å². The van der Waals surface area contributed by atoms with Gasteiger partial charge in [0.15, 0.2) is 6.30 Å². The number of H-pyrrole nitrogens is 1. The largest absolute Gasteiger partial charge is 0.443 e. The molecule has 30 heavy (non-hydrogen) atoms. The summed E-state index contributed by atoms with van der Waals surface area (Å²) in [7, 11) is 0. The summed E-state index contributed by atoms with van der Waals surface area (Å²) in [6.07, 6.45) is -2.74. The van der Waals surface area contributed by atoms with E-state index in [2.05, 4.69) is 20.1 Å². The first-order chi connectivity index (χ1) is 14.4. The van der Waals surface area contributed by atoms with Crippen molar-refractivity contribution < 1.29 is 18.7 Å². The third kappa shape index (κ3) is 3.75. The molecule has 2 saturated heterocycles. The van der Waals surface area contributed by atoms with Gasteiger partial charge < -0.3 is 15.0 Å². The van der Waals surface area contributed by atoms with Gasteiger partial charge in [0.05, 0.1) is 13.1 Å². The van der Waals surface area contributed by atoms with E-state index in [1.165, 1.54) is 9.91 Å². The van der Waals surface area contributed by atoms with Crippen LogP contribution in [0.15, 0.2) is 35.1 Å². The molecule has 3 unspecified atom stereocenters. The zero-order chi connectivity index (χ0) is 21.3. The van der Waals surface area contributed by atoms with Crippen LogP contribution in [0.5, 0.6) is 0 Å². The van der Waals surface area contributed by atoms with Crippen molar-refractivity contribution in [3.8, 4) is 0 Å². The number of nitrogens with one attached hydrogen (secondary N) is 3. The average Bonchev–Trinajstić information content (AvgIpc) is 3.36. The second-order valence-corrected chi connectivity index (χ2v) is 8.04. The molecule has 0 bridgehead atoms. The molecule has 0 spiro atoms. The molecule has 0 radical (unpaired) electrons. The lowest BCUT2D eigenvalue weighted by Gasteiger charge is -2.39. The van der Waals surface area contributed by atoms with Crippen molar-refractivity contribution in [3.05, 3.63) is 46.4 Å². The minimum absolute atomic E-state index is 0.104. The molecule has 160 valence electrons. The number of halogens is 1. The number of aromatic amines is 1. The Morgan fingerprint density at radius 2 is 2.10 bits per heavy atom. The minimum Gasteiger partial charge on any atom is -0.443 e. The van der Waals surface area contributed by atoms with Crippen LogP contribution in [0.4, 0.5) is 14.3 Å². The number of amides is 2. The maximum absolute atomic E-state index is 14.7. The third-order valence-electron chi connectivity index (χ3n) is 5.42. The molecule has 1 aromatic carbocycles. The van der Waals surface area contributed by atoms with Crippen LogP contribution in [0, 0.1) is 0 Å². The molecule has 3 heterocycles. The fourth-order valence-corrected chi connectivity index (χ4v) is 4.30. The number of carbonyl (C=O) groups is 2. The number of piperazine rings is 1. The van der Waals surface area contributed by atoms with E-state index in [0.29, 0.717) is 12.1 Å². The van der Waals surface area contributed by atoms with E-state index in [1.807, 2.05) is 6.07 Å². The molecule has 3 N–H and O–H groups in total. The molecule has 1 aromatic heterocycles. The molecule has 2 aliphatic rings.